The van der Waals surface area contributed by atoms with Crippen LogP contribution in [0.4, 0.5) is 0 Å². The van der Waals surface area contributed by atoms with Gasteiger partial charge in [-0.2, -0.15) is 0 Å². The zero-order chi connectivity index (χ0) is 14.5. The van der Waals surface area contributed by atoms with Crippen LogP contribution < -0.4 is 4.74 Å². The van der Waals surface area contributed by atoms with Crippen molar-refractivity contribution in [2.75, 3.05) is 7.11 Å². The van der Waals surface area contributed by atoms with E-state index in [4.69, 9.17) is 16.3 Å². The number of benzene rings is 1. The fourth-order valence-electron chi connectivity index (χ4n) is 3.19. The molecule has 0 heterocycles. The summed E-state index contributed by atoms with van der Waals surface area (Å²) < 4.78 is 5.16. The number of hydrogen-bond acceptors (Lipinski definition) is 2. The van der Waals surface area contributed by atoms with Crippen LogP contribution >= 0.6 is 11.6 Å². The van der Waals surface area contributed by atoms with E-state index in [-0.39, 0.29) is 12.3 Å². The normalized spacial score (nSPS) is 17.7. The molecule has 1 aromatic rings. The number of hydrogen-bond donors (Lipinski definition) is 1. The van der Waals surface area contributed by atoms with Crippen molar-refractivity contribution in [3.8, 4) is 5.75 Å². The van der Waals surface area contributed by atoms with Gasteiger partial charge in [0, 0.05) is 0 Å². The van der Waals surface area contributed by atoms with Crippen molar-refractivity contribution in [2.24, 2.45) is 5.92 Å². The largest absolute Gasteiger partial charge is 0.495 e. The lowest BCUT2D eigenvalue weighted by atomic mass is 9.75. The molecule has 1 N–H and O–H groups in total. The smallest absolute Gasteiger partial charge is 0.303 e. The molecule has 0 amide bonds. The Kier molecular flexibility index (Phi) is 5.30. The Bertz CT molecular complexity index is 467. The van der Waals surface area contributed by atoms with Crippen LogP contribution in [0.15, 0.2) is 18.2 Å². The minimum absolute atomic E-state index is 0.0520. The van der Waals surface area contributed by atoms with Crippen molar-refractivity contribution >= 4 is 17.6 Å². The highest BCUT2D eigenvalue weighted by Gasteiger charge is 2.27. The third kappa shape index (κ3) is 3.66. The van der Waals surface area contributed by atoms with E-state index in [9.17, 15) is 9.90 Å². The number of ether oxygens (including phenoxy) is 1. The highest BCUT2D eigenvalue weighted by atomic mass is 35.5. The lowest BCUT2D eigenvalue weighted by molar-refractivity contribution is -0.137. The molecule has 0 aromatic heterocycles. The Morgan fingerprint density at radius 1 is 1.40 bits per heavy atom. The third-order valence-electron chi connectivity index (χ3n) is 4.22. The van der Waals surface area contributed by atoms with Crippen molar-refractivity contribution in [3.05, 3.63) is 28.8 Å². The van der Waals surface area contributed by atoms with Gasteiger partial charge in [-0.25, -0.2) is 0 Å². The zero-order valence-corrected chi connectivity index (χ0v) is 12.5. The average Bonchev–Trinajstić information content (AvgIpc) is 2.45. The Morgan fingerprint density at radius 3 is 2.65 bits per heavy atom. The summed E-state index contributed by atoms with van der Waals surface area (Å²) in [6.45, 7) is 0. The summed E-state index contributed by atoms with van der Waals surface area (Å²) in [5.41, 5.74) is 1.02. The summed E-state index contributed by atoms with van der Waals surface area (Å²) >= 11 is 6.18. The Labute approximate surface area is 124 Å². The highest BCUT2D eigenvalue weighted by molar-refractivity contribution is 6.32. The van der Waals surface area contributed by atoms with E-state index < -0.39 is 5.97 Å². The molecule has 4 heteroatoms. The summed E-state index contributed by atoms with van der Waals surface area (Å²) in [4.78, 5) is 11.2. The van der Waals surface area contributed by atoms with Crippen molar-refractivity contribution in [3.63, 3.8) is 0 Å². The molecular weight excluding hydrogens is 276 g/mol. The molecule has 1 aliphatic rings. The third-order valence-corrected chi connectivity index (χ3v) is 4.51. The second-order valence-electron chi connectivity index (χ2n) is 5.50. The lowest BCUT2D eigenvalue weighted by Crippen LogP contribution is -2.19. The van der Waals surface area contributed by atoms with E-state index in [1.54, 1.807) is 7.11 Å². The molecule has 1 saturated carbocycles. The molecule has 20 heavy (non-hydrogen) atoms. The van der Waals surface area contributed by atoms with E-state index in [0.717, 1.165) is 18.4 Å². The predicted octanol–water partition coefficient (Wildman–Crippen LogP) is 4.49. The van der Waals surface area contributed by atoms with E-state index in [0.29, 0.717) is 16.7 Å². The molecular formula is C16H21ClO3. The molecule has 2 rings (SSSR count). The van der Waals surface area contributed by atoms with Crippen LogP contribution in [0, 0.1) is 5.92 Å². The fraction of sp³-hybridized carbons (Fsp3) is 0.562. The van der Waals surface area contributed by atoms with Gasteiger partial charge in [0.15, 0.2) is 0 Å². The quantitative estimate of drug-likeness (QED) is 0.871. The van der Waals surface area contributed by atoms with Crippen LogP contribution in [0.1, 0.15) is 50.0 Å². The maximum atomic E-state index is 11.2. The second kappa shape index (κ2) is 6.98. The maximum absolute atomic E-state index is 11.2. The van der Waals surface area contributed by atoms with Crippen LogP contribution in [0.3, 0.4) is 0 Å². The summed E-state index contributed by atoms with van der Waals surface area (Å²) in [6, 6.07) is 5.64. The molecule has 3 nitrogen and oxygen atoms in total. The zero-order valence-electron chi connectivity index (χ0n) is 11.8. The molecule has 1 atom stereocenters. The van der Waals surface area contributed by atoms with E-state index >= 15 is 0 Å². The predicted molar refractivity (Wildman–Crippen MR) is 79.6 cm³/mol. The van der Waals surface area contributed by atoms with Gasteiger partial charge in [0.25, 0.3) is 0 Å². The van der Waals surface area contributed by atoms with Gasteiger partial charge in [-0.15, -0.1) is 0 Å². The van der Waals surface area contributed by atoms with Crippen molar-refractivity contribution in [1.82, 2.24) is 0 Å². The maximum Gasteiger partial charge on any atom is 0.303 e. The number of carbonyl (C=O) groups is 1. The van der Waals surface area contributed by atoms with Crippen LogP contribution in [0.25, 0.3) is 0 Å². The number of rotatable bonds is 5. The van der Waals surface area contributed by atoms with Gasteiger partial charge < -0.3 is 9.84 Å². The number of methoxy groups -OCH3 is 1. The molecule has 0 radical (unpaired) electrons. The van der Waals surface area contributed by atoms with E-state index in [1.165, 1.54) is 19.3 Å². The van der Waals surface area contributed by atoms with Crippen molar-refractivity contribution in [1.29, 1.82) is 0 Å². The molecule has 0 unspecified atom stereocenters. The van der Waals surface area contributed by atoms with Gasteiger partial charge in [0.05, 0.1) is 18.6 Å². The fourth-order valence-corrected chi connectivity index (χ4v) is 3.46. The SMILES string of the molecule is COc1ccc([C@@H](CC(=O)O)C2CCCCC2)cc1Cl. The first kappa shape index (κ1) is 15.2. The molecule has 0 bridgehead atoms. The van der Waals surface area contributed by atoms with Crippen LogP contribution in [0.5, 0.6) is 5.75 Å². The van der Waals surface area contributed by atoms with E-state index in [2.05, 4.69) is 0 Å². The lowest BCUT2D eigenvalue weighted by Gasteiger charge is -2.30. The first-order chi connectivity index (χ1) is 9.61. The first-order valence-corrected chi connectivity index (χ1v) is 7.55. The number of aliphatic carboxylic acids is 1. The van der Waals surface area contributed by atoms with E-state index in [1.807, 2.05) is 18.2 Å². The van der Waals surface area contributed by atoms with Crippen molar-refractivity contribution in [2.45, 2.75) is 44.4 Å². The van der Waals surface area contributed by atoms with Gasteiger partial charge in [-0.3, -0.25) is 4.79 Å². The number of halogens is 1. The van der Waals surface area contributed by atoms with Gasteiger partial charge in [0.2, 0.25) is 0 Å². The Hall–Kier alpha value is -1.22. The summed E-state index contributed by atoms with van der Waals surface area (Å²) in [7, 11) is 1.58. The van der Waals surface area contributed by atoms with Crippen LogP contribution in [-0.2, 0) is 4.79 Å². The molecule has 1 aliphatic carbocycles. The first-order valence-electron chi connectivity index (χ1n) is 7.17. The summed E-state index contributed by atoms with van der Waals surface area (Å²) in [5, 5.41) is 9.74. The summed E-state index contributed by atoms with van der Waals surface area (Å²) in [6.07, 6.45) is 6.06. The molecule has 0 aliphatic heterocycles. The molecule has 0 saturated heterocycles. The molecule has 0 spiro atoms. The standard InChI is InChI=1S/C16H21ClO3/c1-20-15-8-7-12(9-14(15)17)13(10-16(18)19)11-5-3-2-4-6-11/h7-9,11,13H,2-6,10H2,1H3,(H,18,19)/t13-/m0/s1. The van der Waals surface area contributed by atoms with Gasteiger partial charge >= 0.3 is 5.97 Å². The second-order valence-corrected chi connectivity index (χ2v) is 5.90. The minimum Gasteiger partial charge on any atom is -0.495 e. The van der Waals surface area contributed by atoms with Gasteiger partial charge in [-0.1, -0.05) is 36.9 Å². The Morgan fingerprint density at radius 2 is 2.10 bits per heavy atom. The molecule has 1 aromatic carbocycles. The van der Waals surface area contributed by atoms with Crippen LogP contribution in [0.2, 0.25) is 5.02 Å². The molecule has 110 valence electrons. The monoisotopic (exact) mass is 296 g/mol. The number of carboxylic acids is 1. The topological polar surface area (TPSA) is 46.5 Å². The van der Waals surface area contributed by atoms with Crippen molar-refractivity contribution < 1.29 is 14.6 Å². The average molecular weight is 297 g/mol. The Balaban J connectivity index is 2.25. The molecule has 1 fully saturated rings. The van der Waals surface area contributed by atoms with Gasteiger partial charge in [0.1, 0.15) is 5.75 Å². The van der Waals surface area contributed by atoms with Crippen LogP contribution in [-0.4, -0.2) is 18.2 Å². The summed E-state index contributed by atoms with van der Waals surface area (Å²) in [5.74, 6) is 0.390. The highest BCUT2D eigenvalue weighted by Crippen LogP contribution is 2.40. The van der Waals surface area contributed by atoms with Gasteiger partial charge in [-0.05, 0) is 42.4 Å². The minimum atomic E-state index is -0.743. The number of carboxylic acid groups (broad SMARTS) is 1.